The van der Waals surface area contributed by atoms with Gasteiger partial charge in [0.05, 0.1) is 0 Å². The Morgan fingerprint density at radius 3 is 2.69 bits per heavy atom. The predicted octanol–water partition coefficient (Wildman–Crippen LogP) is 3.97. The molecule has 1 aromatic rings. The van der Waals surface area contributed by atoms with Crippen LogP contribution in [-0.2, 0) is 0 Å². The van der Waals surface area contributed by atoms with Gasteiger partial charge in [0.25, 0.3) is 0 Å². The van der Waals surface area contributed by atoms with Gasteiger partial charge in [-0.25, -0.2) is 9.37 Å². The number of halogens is 2. The van der Waals surface area contributed by atoms with Crippen molar-refractivity contribution in [1.82, 2.24) is 4.98 Å². The van der Waals surface area contributed by atoms with Crippen LogP contribution >= 0.6 is 15.9 Å². The van der Waals surface area contributed by atoms with E-state index in [1.165, 1.54) is 18.9 Å². The van der Waals surface area contributed by atoms with E-state index in [1.54, 1.807) is 6.20 Å². The highest BCUT2D eigenvalue weighted by Gasteiger charge is 2.19. The Morgan fingerprint density at radius 2 is 2.06 bits per heavy atom. The molecule has 0 aromatic carbocycles. The van der Waals surface area contributed by atoms with E-state index in [0.29, 0.717) is 16.3 Å². The van der Waals surface area contributed by atoms with E-state index in [-0.39, 0.29) is 5.82 Å². The molecule has 1 aliphatic rings. The van der Waals surface area contributed by atoms with E-state index in [2.05, 4.69) is 33.2 Å². The molecule has 1 saturated carbocycles. The van der Waals surface area contributed by atoms with Gasteiger partial charge in [0, 0.05) is 16.7 Å². The van der Waals surface area contributed by atoms with E-state index in [9.17, 15) is 4.39 Å². The van der Waals surface area contributed by atoms with Gasteiger partial charge in [-0.1, -0.05) is 6.92 Å². The second kappa shape index (κ2) is 5.13. The summed E-state index contributed by atoms with van der Waals surface area (Å²) in [6.07, 6.45) is 6.28. The fourth-order valence-electron chi connectivity index (χ4n) is 2.12. The maximum absolute atomic E-state index is 13.5. The third kappa shape index (κ3) is 2.94. The van der Waals surface area contributed by atoms with Gasteiger partial charge in [-0.15, -0.1) is 0 Å². The first kappa shape index (κ1) is 11.8. The fraction of sp³-hybridized carbons (Fsp3) is 0.583. The largest absolute Gasteiger partial charge is 0.365 e. The van der Waals surface area contributed by atoms with E-state index >= 15 is 0 Å². The van der Waals surface area contributed by atoms with Gasteiger partial charge in [0.1, 0.15) is 0 Å². The third-order valence-electron chi connectivity index (χ3n) is 3.16. The molecule has 0 radical (unpaired) electrons. The molecule has 0 bridgehead atoms. The molecule has 4 heteroatoms. The minimum Gasteiger partial charge on any atom is -0.365 e. The monoisotopic (exact) mass is 286 g/mol. The van der Waals surface area contributed by atoms with Crippen LogP contribution in [0.25, 0.3) is 0 Å². The Kier molecular flexibility index (Phi) is 3.79. The lowest BCUT2D eigenvalue weighted by Gasteiger charge is -2.27. The summed E-state index contributed by atoms with van der Waals surface area (Å²) in [5, 5.41) is 3.19. The number of nitrogens with zero attached hydrogens (tertiary/aromatic N) is 1. The molecular weight excluding hydrogens is 271 g/mol. The van der Waals surface area contributed by atoms with E-state index < -0.39 is 0 Å². The van der Waals surface area contributed by atoms with Crippen LogP contribution in [0, 0.1) is 11.7 Å². The van der Waals surface area contributed by atoms with Gasteiger partial charge in [-0.2, -0.15) is 0 Å². The van der Waals surface area contributed by atoms with Crippen LogP contribution in [0.3, 0.4) is 0 Å². The zero-order valence-electron chi connectivity index (χ0n) is 9.34. The van der Waals surface area contributed by atoms with E-state index in [0.717, 1.165) is 18.8 Å². The van der Waals surface area contributed by atoms with Crippen molar-refractivity contribution in [3.8, 4) is 0 Å². The number of pyridine rings is 1. The molecule has 1 aliphatic carbocycles. The number of hydrogen-bond acceptors (Lipinski definition) is 2. The lowest BCUT2D eigenvalue weighted by molar-refractivity contribution is 0.360. The molecule has 0 spiro atoms. The molecule has 0 atom stereocenters. The molecule has 0 saturated heterocycles. The number of rotatable bonds is 2. The minimum atomic E-state index is -0.284. The summed E-state index contributed by atoms with van der Waals surface area (Å²) >= 11 is 3.20. The zero-order chi connectivity index (χ0) is 11.5. The molecule has 1 fully saturated rings. The van der Waals surface area contributed by atoms with Crippen LogP contribution < -0.4 is 5.32 Å². The van der Waals surface area contributed by atoms with Crippen molar-refractivity contribution in [2.45, 2.75) is 38.6 Å². The van der Waals surface area contributed by atoms with Crippen molar-refractivity contribution < 1.29 is 4.39 Å². The van der Waals surface area contributed by atoms with Crippen molar-refractivity contribution in [2.24, 2.45) is 5.92 Å². The molecule has 1 aromatic heterocycles. The first-order valence-electron chi connectivity index (χ1n) is 5.72. The van der Waals surface area contributed by atoms with Gasteiger partial charge in [-0.05, 0) is 53.6 Å². The zero-order valence-corrected chi connectivity index (χ0v) is 10.9. The van der Waals surface area contributed by atoms with Gasteiger partial charge in [0.15, 0.2) is 11.6 Å². The average molecular weight is 287 g/mol. The molecule has 16 heavy (non-hydrogen) atoms. The van der Waals surface area contributed by atoms with Crippen molar-refractivity contribution in [2.75, 3.05) is 5.32 Å². The number of nitrogens with one attached hydrogen (secondary N) is 1. The second-order valence-electron chi connectivity index (χ2n) is 4.59. The summed E-state index contributed by atoms with van der Waals surface area (Å²) in [6, 6.07) is 1.82. The van der Waals surface area contributed by atoms with Crippen LogP contribution in [0.5, 0.6) is 0 Å². The molecule has 1 heterocycles. The van der Waals surface area contributed by atoms with E-state index in [1.807, 2.05) is 0 Å². The first-order chi connectivity index (χ1) is 7.65. The molecule has 1 N–H and O–H groups in total. The standard InChI is InChI=1S/C12H16BrFN2/c1-8-2-4-10(5-3-8)16-12-11(14)6-9(13)7-15-12/h6-8,10H,2-5H2,1H3,(H,15,16). The highest BCUT2D eigenvalue weighted by Crippen LogP contribution is 2.26. The maximum atomic E-state index is 13.5. The molecular formula is C12H16BrFN2. The first-order valence-corrected chi connectivity index (χ1v) is 6.52. The van der Waals surface area contributed by atoms with Crippen LogP contribution in [0.1, 0.15) is 32.6 Å². The Balaban J connectivity index is 1.98. The van der Waals surface area contributed by atoms with Gasteiger partial charge in [-0.3, -0.25) is 0 Å². The number of hydrogen-bond donors (Lipinski definition) is 1. The predicted molar refractivity (Wildman–Crippen MR) is 66.9 cm³/mol. The minimum absolute atomic E-state index is 0.284. The summed E-state index contributed by atoms with van der Waals surface area (Å²) < 4.78 is 14.2. The summed E-state index contributed by atoms with van der Waals surface area (Å²) in [7, 11) is 0. The highest BCUT2D eigenvalue weighted by molar-refractivity contribution is 9.10. The van der Waals surface area contributed by atoms with E-state index in [4.69, 9.17) is 0 Å². The Morgan fingerprint density at radius 1 is 1.38 bits per heavy atom. The molecule has 0 aliphatic heterocycles. The molecule has 2 nitrogen and oxygen atoms in total. The van der Waals surface area contributed by atoms with Crippen molar-refractivity contribution in [1.29, 1.82) is 0 Å². The SMILES string of the molecule is CC1CCC(Nc2ncc(Br)cc2F)CC1. The van der Waals surface area contributed by atoms with Crippen LogP contribution in [0.4, 0.5) is 10.2 Å². The molecule has 88 valence electrons. The fourth-order valence-corrected chi connectivity index (χ4v) is 2.42. The quantitative estimate of drug-likeness (QED) is 0.890. The smallest absolute Gasteiger partial charge is 0.166 e. The summed E-state index contributed by atoms with van der Waals surface area (Å²) in [5.74, 6) is 0.900. The molecule has 0 amide bonds. The second-order valence-corrected chi connectivity index (χ2v) is 5.50. The lowest BCUT2D eigenvalue weighted by atomic mass is 9.87. The van der Waals surface area contributed by atoms with Crippen LogP contribution in [-0.4, -0.2) is 11.0 Å². The molecule has 0 unspecified atom stereocenters. The maximum Gasteiger partial charge on any atom is 0.166 e. The Hall–Kier alpha value is -0.640. The van der Waals surface area contributed by atoms with Crippen LogP contribution in [0.15, 0.2) is 16.7 Å². The van der Waals surface area contributed by atoms with Crippen molar-refractivity contribution in [3.05, 3.63) is 22.6 Å². The average Bonchev–Trinajstić information content (AvgIpc) is 2.25. The highest BCUT2D eigenvalue weighted by atomic mass is 79.9. The molecule has 2 rings (SSSR count). The topological polar surface area (TPSA) is 24.9 Å². The third-order valence-corrected chi connectivity index (χ3v) is 3.60. The van der Waals surface area contributed by atoms with Crippen molar-refractivity contribution in [3.63, 3.8) is 0 Å². The lowest BCUT2D eigenvalue weighted by Crippen LogP contribution is -2.26. The van der Waals surface area contributed by atoms with Crippen molar-refractivity contribution >= 4 is 21.7 Å². The Bertz CT molecular complexity index is 362. The van der Waals surface area contributed by atoms with Gasteiger partial charge >= 0.3 is 0 Å². The van der Waals surface area contributed by atoms with Gasteiger partial charge < -0.3 is 5.32 Å². The summed E-state index contributed by atoms with van der Waals surface area (Å²) in [5.41, 5.74) is 0. The number of aromatic nitrogens is 1. The summed E-state index contributed by atoms with van der Waals surface area (Å²) in [6.45, 7) is 2.27. The number of anilines is 1. The van der Waals surface area contributed by atoms with Crippen LogP contribution in [0.2, 0.25) is 0 Å². The summed E-state index contributed by atoms with van der Waals surface area (Å²) in [4.78, 5) is 4.06. The Labute approximate surface area is 104 Å². The van der Waals surface area contributed by atoms with Gasteiger partial charge in [0.2, 0.25) is 0 Å². The normalized spacial score (nSPS) is 25.4.